The van der Waals surface area contributed by atoms with E-state index in [-0.39, 0.29) is 110 Å². The minimum atomic E-state index is -3.22. The normalized spacial score (nSPS) is 12.3. The van der Waals surface area contributed by atoms with Crippen molar-refractivity contribution in [2.75, 3.05) is 126 Å². The molecule has 0 spiro atoms. The van der Waals surface area contributed by atoms with Gasteiger partial charge in [-0.2, -0.15) is 0 Å². The molecule has 0 unspecified atom stereocenters. The molecule has 0 radical (unpaired) electrons. The molecule has 0 atom stereocenters. The van der Waals surface area contributed by atoms with E-state index in [4.69, 9.17) is 89.3 Å². The van der Waals surface area contributed by atoms with Crippen LogP contribution < -0.4 is 55.9 Å². The first kappa shape index (κ1) is 133. The van der Waals surface area contributed by atoms with Gasteiger partial charge in [0.05, 0.1) is 62.8 Å². The molecular weight excluding hydrogens is 2860 g/mol. The average Bonchev–Trinajstić information content (AvgIpc) is 1.65. The zero-order valence-corrected chi connectivity index (χ0v) is 99.6. The lowest BCUT2D eigenvalue weighted by atomic mass is 10.0. The topological polar surface area (TPSA) is 476 Å². The number of ether oxygens (including phenoxy) is 4. The zero-order valence-electron chi connectivity index (χ0n) is 75.6. The molecule has 14 aromatic rings. The molecule has 2 fully saturated rings. The summed E-state index contributed by atoms with van der Waals surface area (Å²) in [5, 5.41) is 18.3. The Balaban J connectivity index is 0.000000412. The first-order valence-corrected chi connectivity index (χ1v) is 56.6. The summed E-state index contributed by atoms with van der Waals surface area (Å²) in [5.41, 5.74) is 32.1. The van der Waals surface area contributed by atoms with Crippen molar-refractivity contribution in [3.05, 3.63) is 234 Å². The number of rotatable bonds is 10. The van der Waals surface area contributed by atoms with E-state index in [2.05, 4.69) is 276 Å². The van der Waals surface area contributed by atoms with Crippen LogP contribution in [0.3, 0.4) is 0 Å². The molecule has 1 amide bonds. The number of ketones is 2. The number of hydrogen-bond acceptors (Lipinski definition) is 30. The second-order valence-electron chi connectivity index (χ2n) is 27.9. The van der Waals surface area contributed by atoms with E-state index in [0.717, 1.165) is 42.8 Å². The van der Waals surface area contributed by atoms with Gasteiger partial charge in [0.15, 0.2) is 55.3 Å². The maximum atomic E-state index is 14.3. The number of fused-ring (bicyclic) bond motifs is 9. The van der Waals surface area contributed by atoms with Crippen LogP contribution in [0.25, 0.3) is 55.4 Å². The van der Waals surface area contributed by atoms with Crippen molar-refractivity contribution in [3.63, 3.8) is 0 Å². The fraction of sp³-hybridized carbons (Fsp3) is 0.271. The molecule has 33 nitrogen and oxygen atoms in total. The number of Topliss-reactive ketones (excluding diaryl/α,β-unsaturated/α-hetero) is 2. The molecule has 0 bridgehead atoms. The summed E-state index contributed by atoms with van der Waals surface area (Å²) in [6.45, 7) is 18.7. The molecule has 0 saturated carbocycles. The minimum absolute atomic E-state index is 0. The van der Waals surface area contributed by atoms with E-state index in [0.29, 0.717) is 112 Å². The number of amides is 1. The molecule has 790 valence electrons. The van der Waals surface area contributed by atoms with Crippen LogP contribution in [-0.4, -0.2) is 192 Å². The largest absolute Gasteiger partial charge is 0.460 e. The average molecular weight is 2950 g/mol. The van der Waals surface area contributed by atoms with Crippen LogP contribution in [0.1, 0.15) is 53.3 Å². The first-order chi connectivity index (χ1) is 67.9. The number of carbonyl (C=O) groups is 4. The summed E-state index contributed by atoms with van der Waals surface area (Å²) in [6.07, 6.45) is 3.03. The summed E-state index contributed by atoms with van der Waals surface area (Å²) in [6, 6.07) is 25.6. The van der Waals surface area contributed by atoms with Gasteiger partial charge in [0, 0.05) is 153 Å². The monoisotopic (exact) mass is 2940 g/mol. The molecule has 3 aliphatic heterocycles. The van der Waals surface area contributed by atoms with Crippen molar-refractivity contribution in [2.45, 2.75) is 61.5 Å². The highest BCUT2D eigenvalue weighted by molar-refractivity contribution is 14.1. The molecule has 9 heterocycles. The van der Waals surface area contributed by atoms with Crippen LogP contribution in [-0.2, 0) is 55.7 Å². The smallest absolute Gasteiger partial charge is 0.374 e. The van der Waals surface area contributed by atoms with E-state index in [9.17, 15) is 58.9 Å². The van der Waals surface area contributed by atoms with Crippen molar-refractivity contribution in [1.82, 2.24) is 74.2 Å². The van der Waals surface area contributed by atoms with Crippen molar-refractivity contribution in [2.24, 2.45) is 17.4 Å². The van der Waals surface area contributed by atoms with Crippen molar-refractivity contribution < 1.29 is 77.8 Å². The number of nitrogens with two attached hydrogens (primary N) is 7. The van der Waals surface area contributed by atoms with Gasteiger partial charge in [0.25, 0.3) is 12.4 Å². The number of aromatic nitrogens is 12. The number of nitrogen functional groups attached to an aromatic ring is 4. The number of nitrogens with zero attached hydrogens (tertiary/aromatic N) is 15. The van der Waals surface area contributed by atoms with Gasteiger partial charge in [0.1, 0.15) is 58.0 Å². The van der Waals surface area contributed by atoms with Gasteiger partial charge in [-0.3, -0.25) is 39.4 Å². The highest BCUT2D eigenvalue weighted by Crippen LogP contribution is 2.61. The maximum Gasteiger partial charge on any atom is 0.374 e. The van der Waals surface area contributed by atoms with Gasteiger partial charge in [-0.05, 0) is 216 Å². The number of likely N-dealkylation sites (N-methyl/N-ethyl adjacent to an activating group) is 2. The van der Waals surface area contributed by atoms with Gasteiger partial charge in [-0.25, -0.2) is 69.8 Å². The first-order valence-electron chi connectivity index (χ1n) is 40.5. The number of piperazine rings is 2. The standard InChI is InChI=1S/C14H14BrFN6.C9H3BrClFN4.C9H6BrClFN3.C9H5BrFNO2.C8H2BrCl2FN2.C7H16O3.C6H4BrFIN.C6H6BrFN2.C6H5BrFN.C5H12N2.C5H8O3.CH4.Cl3OP.ClI.H4N2/c1-20-2-4-21(5-3-20)13-14-19-17-8-22(14)11-7-9(15)6-10(16)12(11)18-13;10-4-1-5(12)7-6(2-4)16-3-13-15-9(16)8(11)14-7;10-4-1-5(12)8-6(2-4)14-7(3-13)9(11)15-8;10-5-1-4-2-7(13)9(14)12-8(4)6(11)3-5;9-3-1-4(12)6-5(2-3)13-7(10)8(11)14-6;1-4-8-7(9-5-2)10-6-3;2*7-3-1-4(8)6(10)5(9)2-3;7-4-1-2-6(9)5(8)3-4;1-7-4-2-6-3-5-7;1-3-8-5(7)4(2)6;;1-5(2,3)4;2*1-2/h6-8H,2-5H2,1H3;1-3H;1-2H,3,13H2;1,3H,2H2,(H,12,14);1-2H;7H,4-6H2,1-3H3;1-2H,10H2;1-2H,9-10H2;1-3H,9H2;6H,2-5H2,1H3;3H2,1-2H3;1H4;;;1-2H2. The third kappa shape index (κ3) is 44.8. The van der Waals surface area contributed by atoms with Crippen molar-refractivity contribution in [3.8, 4) is 0 Å². The van der Waals surface area contributed by atoms with Gasteiger partial charge in [-0.1, -0.05) is 181 Å². The van der Waals surface area contributed by atoms with Crippen LogP contribution in [0.15, 0.2) is 152 Å². The number of nitrogens with one attached hydrogen (secondary N) is 2. The number of halogens is 26. The summed E-state index contributed by atoms with van der Waals surface area (Å²) in [5.74, 6) is 2.56. The molecule has 3 aliphatic rings. The zero-order chi connectivity index (χ0) is 108. The molecular formula is C85H89Br8Cl8F8I2N24O9P. The molecule has 145 heavy (non-hydrogen) atoms. The highest BCUT2D eigenvalue weighted by Gasteiger charge is 2.27. The van der Waals surface area contributed by atoms with E-state index < -0.39 is 64.2 Å². The fourth-order valence-electron chi connectivity index (χ4n) is 11.2. The Morgan fingerprint density at radius 3 is 1.35 bits per heavy atom. The van der Waals surface area contributed by atoms with E-state index >= 15 is 0 Å². The second-order valence-corrected chi connectivity index (χ2v) is 44.4. The van der Waals surface area contributed by atoms with E-state index in [1.165, 1.54) is 80.9 Å². The summed E-state index contributed by atoms with van der Waals surface area (Å²) in [4.78, 5) is 73.2. The Morgan fingerprint density at radius 1 is 0.497 bits per heavy atom. The molecule has 6 aromatic heterocycles. The van der Waals surface area contributed by atoms with Crippen LogP contribution >= 0.6 is 266 Å². The SMILES string of the molecule is C.CCOC(=O)C(C)=O.CCOC(OCC)OCC.CN1CCN(c2nc3c(F)cc(Br)cc3n3cnnc23)CC1.CN1CCNCC1.ClI.Fc1cc(Br)cc2c1nc(Cl)c1nncn12.Fc1cc(Br)cc2nc(Cl)c(Cl)nc12.NCc1nc2cc(Br)cc(F)c2nc1Cl.NN.Nc1c(F)cc(Br)cc1I.Nc1cc(Br)cc(F)c1N.Nc1ccc(Br)cc1F.O=C1Cc2cc(Br)cc(F)c2NC1=O.O=P(Cl)(Cl)Cl. The van der Waals surface area contributed by atoms with Gasteiger partial charge in [0.2, 0.25) is 17.2 Å². The lowest BCUT2D eigenvalue weighted by Crippen LogP contribution is -2.45. The van der Waals surface area contributed by atoms with Crippen LogP contribution in [0.2, 0.25) is 20.6 Å². The molecule has 0 aliphatic carbocycles. The van der Waals surface area contributed by atoms with Crippen molar-refractivity contribution in [1.29, 1.82) is 0 Å². The van der Waals surface area contributed by atoms with E-state index in [1.54, 1.807) is 86.0 Å². The molecule has 8 aromatic carbocycles. The minimum Gasteiger partial charge on any atom is -0.460 e. The molecule has 60 heteroatoms. The highest BCUT2D eigenvalue weighted by atomic mass is 127. The second kappa shape index (κ2) is 67.6. The fourth-order valence-corrected chi connectivity index (χ4v) is 16.2. The summed E-state index contributed by atoms with van der Waals surface area (Å²) < 4.78 is 144. The summed E-state index contributed by atoms with van der Waals surface area (Å²) in [7, 11) is 8.85. The Labute approximate surface area is 958 Å². The Morgan fingerprint density at radius 2 is 0.903 bits per heavy atom. The number of esters is 1. The van der Waals surface area contributed by atoms with Gasteiger partial charge in [-0.15, -0.1) is 20.4 Å². The molecule has 17 rings (SSSR count). The number of benzene rings is 8. The van der Waals surface area contributed by atoms with E-state index in [1.807, 2.05) is 49.4 Å². The molecule has 16 N–H and O–H groups in total. The number of anilines is 6. The third-order valence-corrected chi connectivity index (χ3v) is 23.5. The van der Waals surface area contributed by atoms with Crippen LogP contribution in [0.4, 0.5) is 69.4 Å². The predicted octanol–water partition coefficient (Wildman–Crippen LogP) is 24.5. The lowest BCUT2D eigenvalue weighted by Gasteiger charge is -2.33. The van der Waals surface area contributed by atoms with Gasteiger partial charge < -0.3 is 72.9 Å². The third-order valence-electron chi connectivity index (χ3n) is 17.7. The van der Waals surface area contributed by atoms with Crippen molar-refractivity contribution >= 4 is 379 Å². The molecule has 2 saturated heterocycles. The number of carbonyl (C=O) groups excluding carboxylic acids is 4. The number of hydrazine groups is 1. The van der Waals surface area contributed by atoms with Crippen LogP contribution in [0, 0.1) is 50.1 Å². The Bertz CT molecular complexity index is 6630. The number of hydrogen-bond donors (Lipinski definition) is 9. The predicted molar refractivity (Wildman–Crippen MR) is 605 cm³/mol. The Kier molecular flexibility index (Phi) is 62.2. The Hall–Kier alpha value is -5.73. The maximum absolute atomic E-state index is 14.3. The lowest BCUT2D eigenvalue weighted by molar-refractivity contribution is -0.282. The summed E-state index contributed by atoms with van der Waals surface area (Å²) >= 11 is 65.7. The quantitative estimate of drug-likeness (QED) is 0.00706. The van der Waals surface area contributed by atoms with Crippen LogP contribution in [0.5, 0.6) is 0 Å². The van der Waals surface area contributed by atoms with Gasteiger partial charge >= 0.3 is 11.2 Å².